The highest BCUT2D eigenvalue weighted by Crippen LogP contribution is 2.26. The maximum atomic E-state index is 11.5. The fourth-order valence-corrected chi connectivity index (χ4v) is 4.32. The third-order valence-corrected chi connectivity index (χ3v) is 7.01. The number of aromatic nitrogens is 4. The van der Waals surface area contributed by atoms with Gasteiger partial charge in [0.15, 0.2) is 44.3 Å². The van der Waals surface area contributed by atoms with Crippen LogP contribution in [0.2, 0.25) is 15.5 Å². The van der Waals surface area contributed by atoms with Crippen molar-refractivity contribution < 1.29 is 19.1 Å². The smallest absolute Gasteiger partial charge is 0.360 e. The summed E-state index contributed by atoms with van der Waals surface area (Å²) < 4.78 is 8.98. The number of hydrogen-bond donors (Lipinski definition) is 5. The highest BCUT2D eigenvalue weighted by atomic mass is 35.5. The van der Waals surface area contributed by atoms with Crippen LogP contribution in [0.3, 0.4) is 0 Å². The van der Waals surface area contributed by atoms with Crippen LogP contribution in [0.1, 0.15) is 47.7 Å². The van der Waals surface area contributed by atoms with Gasteiger partial charge in [0.25, 0.3) is 0 Å². The van der Waals surface area contributed by atoms with E-state index < -0.39 is 11.9 Å². The Kier molecular flexibility index (Phi) is 14.5. The van der Waals surface area contributed by atoms with E-state index in [2.05, 4.69) is 59.2 Å². The van der Waals surface area contributed by atoms with Crippen molar-refractivity contribution in [3.8, 4) is 0 Å². The third kappa shape index (κ3) is 10.2. The summed E-state index contributed by atoms with van der Waals surface area (Å²) in [5.41, 5.74) is 10.9. The molecule has 0 saturated carbocycles. The van der Waals surface area contributed by atoms with Gasteiger partial charge in [-0.25, -0.2) is 29.5 Å². The van der Waals surface area contributed by atoms with E-state index in [1.54, 1.807) is 0 Å². The zero-order valence-electron chi connectivity index (χ0n) is 23.5. The van der Waals surface area contributed by atoms with Crippen LogP contribution < -0.4 is 32.3 Å². The second kappa shape index (κ2) is 17.3. The SMILES string of the molecule is CC[C@H]1CN(c2nc(N)c(C(=O)OC)nc2Cl)CCN1.CC[C@H]1CNCCN1.COC(=O)c1nc(Cl)c(Cl)nc1N. The summed E-state index contributed by atoms with van der Waals surface area (Å²) in [6.45, 7) is 10.1. The van der Waals surface area contributed by atoms with Gasteiger partial charge in [0, 0.05) is 51.4 Å². The molecule has 2 saturated heterocycles. The van der Waals surface area contributed by atoms with Gasteiger partial charge in [0.2, 0.25) is 0 Å². The first-order valence-electron chi connectivity index (χ1n) is 13.0. The van der Waals surface area contributed by atoms with Crippen LogP contribution in [0.4, 0.5) is 17.5 Å². The standard InChI is InChI=1S/C12H18ClN5O2.C6H5Cl2N3O2.C6H14N2/c1-3-7-6-18(5-4-15-7)11-9(13)16-8(10(14)17-11)12(19)20-2;1-13-6(12)2-5(9)11-4(8)3(7)10-2;1-2-6-5-7-3-4-8-6/h7,15H,3-6H2,1-2H3,(H2,14,17);1H3,(H2,9,11);6-8H,2-5H2,1H3/t7-;;6-/m0.0/s1. The highest BCUT2D eigenvalue weighted by Gasteiger charge is 2.24. The molecule has 0 amide bonds. The Morgan fingerprint density at radius 1 is 0.829 bits per heavy atom. The van der Waals surface area contributed by atoms with Gasteiger partial charge in [0.05, 0.1) is 14.2 Å². The van der Waals surface area contributed by atoms with E-state index in [4.69, 9.17) is 46.3 Å². The number of nitrogens with zero attached hydrogens (tertiary/aromatic N) is 5. The highest BCUT2D eigenvalue weighted by molar-refractivity contribution is 6.40. The van der Waals surface area contributed by atoms with E-state index >= 15 is 0 Å². The first kappa shape index (κ1) is 34.5. The van der Waals surface area contributed by atoms with E-state index in [0.717, 1.165) is 51.7 Å². The second-order valence-corrected chi connectivity index (χ2v) is 9.94. The normalized spacial score (nSPS) is 18.3. The quantitative estimate of drug-likeness (QED) is 0.298. The molecule has 2 aromatic rings. The molecular weight excluding hydrogens is 599 g/mol. The minimum absolute atomic E-state index is 0.0304. The molecule has 228 valence electrons. The lowest BCUT2D eigenvalue weighted by atomic mass is 10.1. The number of piperazine rings is 2. The van der Waals surface area contributed by atoms with Crippen LogP contribution in [-0.2, 0) is 9.47 Å². The van der Waals surface area contributed by atoms with Crippen LogP contribution in [0.25, 0.3) is 0 Å². The molecule has 14 nitrogen and oxygen atoms in total. The summed E-state index contributed by atoms with van der Waals surface area (Å²) in [6.07, 6.45) is 2.25. The number of anilines is 3. The van der Waals surface area contributed by atoms with E-state index in [1.165, 1.54) is 20.6 Å². The zero-order valence-corrected chi connectivity index (χ0v) is 25.7. The zero-order chi connectivity index (χ0) is 30.5. The molecule has 0 aliphatic carbocycles. The predicted molar refractivity (Wildman–Crippen MR) is 160 cm³/mol. The van der Waals surface area contributed by atoms with Gasteiger partial charge in [-0.1, -0.05) is 48.7 Å². The number of esters is 2. The van der Waals surface area contributed by atoms with Gasteiger partial charge < -0.3 is 41.8 Å². The Bertz CT molecular complexity index is 1170. The summed E-state index contributed by atoms with van der Waals surface area (Å²) in [6, 6.07) is 1.10. The molecule has 17 heteroatoms. The Morgan fingerprint density at radius 2 is 1.37 bits per heavy atom. The van der Waals surface area contributed by atoms with Gasteiger partial charge in [-0.05, 0) is 12.8 Å². The van der Waals surface area contributed by atoms with Gasteiger partial charge in [-0.3, -0.25) is 0 Å². The lowest BCUT2D eigenvalue weighted by Gasteiger charge is -2.34. The Morgan fingerprint density at radius 3 is 1.88 bits per heavy atom. The maximum Gasteiger partial charge on any atom is 0.360 e. The molecule has 2 fully saturated rings. The van der Waals surface area contributed by atoms with E-state index in [9.17, 15) is 9.59 Å². The number of carbonyl (C=O) groups is 2. The molecular formula is C24H37Cl3N10O4. The predicted octanol–water partition coefficient (Wildman–Crippen LogP) is 1.80. The van der Waals surface area contributed by atoms with Crippen LogP contribution >= 0.6 is 34.8 Å². The summed E-state index contributed by atoms with van der Waals surface area (Å²) in [5, 5.41) is 10.2. The number of methoxy groups -OCH3 is 2. The van der Waals surface area contributed by atoms with Crippen LogP contribution in [-0.4, -0.2) is 97.4 Å². The van der Waals surface area contributed by atoms with Crippen molar-refractivity contribution in [3.63, 3.8) is 0 Å². The van der Waals surface area contributed by atoms with Gasteiger partial charge in [0.1, 0.15) is 0 Å². The van der Waals surface area contributed by atoms with Crippen molar-refractivity contribution in [2.75, 3.05) is 69.9 Å². The third-order valence-electron chi connectivity index (χ3n) is 6.13. The molecule has 0 bridgehead atoms. The van der Waals surface area contributed by atoms with Crippen LogP contribution in [0.5, 0.6) is 0 Å². The molecule has 2 aliphatic rings. The summed E-state index contributed by atoms with van der Waals surface area (Å²) >= 11 is 17.1. The summed E-state index contributed by atoms with van der Waals surface area (Å²) in [5.74, 6) is -0.917. The van der Waals surface area contributed by atoms with Crippen LogP contribution in [0.15, 0.2) is 0 Å². The molecule has 4 rings (SSSR count). The van der Waals surface area contributed by atoms with Crippen molar-refractivity contribution in [1.29, 1.82) is 0 Å². The lowest BCUT2D eigenvalue weighted by Crippen LogP contribution is -2.50. The molecule has 41 heavy (non-hydrogen) atoms. The molecule has 0 spiro atoms. The van der Waals surface area contributed by atoms with Gasteiger partial charge in [-0.15, -0.1) is 0 Å². The molecule has 0 unspecified atom stereocenters. The number of ether oxygens (including phenoxy) is 2. The van der Waals surface area contributed by atoms with Crippen molar-refractivity contribution >= 4 is 64.2 Å². The number of nitrogens with one attached hydrogen (secondary N) is 3. The van der Waals surface area contributed by atoms with E-state index in [1.807, 2.05) is 4.90 Å². The number of rotatable bonds is 5. The Hall–Kier alpha value is -2.75. The molecule has 2 atom stereocenters. The molecule has 2 aromatic heterocycles. The van der Waals surface area contributed by atoms with E-state index in [-0.39, 0.29) is 38.5 Å². The topological polar surface area (TPSA) is 196 Å². The van der Waals surface area contributed by atoms with Crippen molar-refractivity contribution in [3.05, 3.63) is 26.8 Å². The van der Waals surface area contributed by atoms with Crippen LogP contribution in [0, 0.1) is 0 Å². The summed E-state index contributed by atoms with van der Waals surface area (Å²) in [4.78, 5) is 39.9. The molecule has 0 radical (unpaired) electrons. The maximum absolute atomic E-state index is 11.5. The second-order valence-electron chi connectivity index (χ2n) is 8.86. The fourth-order valence-electron chi connectivity index (χ4n) is 3.81. The molecule has 2 aliphatic heterocycles. The monoisotopic (exact) mass is 634 g/mol. The fraction of sp³-hybridized carbons (Fsp3) is 0.583. The molecule has 0 aromatic carbocycles. The van der Waals surface area contributed by atoms with Gasteiger partial charge in [-0.2, -0.15) is 0 Å². The average Bonchev–Trinajstić information content (AvgIpc) is 3.00. The average molecular weight is 636 g/mol. The number of halogens is 3. The Labute approximate surface area is 254 Å². The first-order valence-corrected chi connectivity index (χ1v) is 14.1. The van der Waals surface area contributed by atoms with Crippen molar-refractivity contribution in [2.45, 2.75) is 38.8 Å². The number of nitrogens with two attached hydrogens (primary N) is 2. The minimum Gasteiger partial charge on any atom is -0.464 e. The lowest BCUT2D eigenvalue weighted by molar-refractivity contribution is 0.0586. The minimum atomic E-state index is -0.705. The largest absolute Gasteiger partial charge is 0.464 e. The first-order chi connectivity index (χ1) is 19.6. The Balaban J connectivity index is 0.000000239. The van der Waals surface area contributed by atoms with Crippen molar-refractivity contribution in [1.82, 2.24) is 35.9 Å². The molecule has 4 heterocycles. The number of nitrogen functional groups attached to an aromatic ring is 2. The van der Waals surface area contributed by atoms with E-state index in [0.29, 0.717) is 11.9 Å². The molecule has 7 N–H and O–H groups in total. The number of carbonyl (C=O) groups excluding carboxylic acids is 2. The number of hydrogen-bond acceptors (Lipinski definition) is 14. The summed E-state index contributed by atoms with van der Waals surface area (Å²) in [7, 11) is 2.46. The van der Waals surface area contributed by atoms with Gasteiger partial charge >= 0.3 is 11.9 Å². The van der Waals surface area contributed by atoms with Crippen molar-refractivity contribution in [2.24, 2.45) is 0 Å².